The maximum absolute atomic E-state index is 14.7. The summed E-state index contributed by atoms with van der Waals surface area (Å²) in [5.41, 5.74) is 6.51. The molecule has 0 radical (unpaired) electrons. The Bertz CT molecular complexity index is 830. The molecule has 1 aromatic rings. The van der Waals surface area contributed by atoms with Crippen LogP contribution in [0.1, 0.15) is 6.42 Å². The smallest absolute Gasteiger partial charge is 0.414 e. The highest BCUT2D eigenvalue weighted by Crippen LogP contribution is 2.28. The van der Waals surface area contributed by atoms with Crippen molar-refractivity contribution in [2.24, 2.45) is 5.73 Å². The lowest BCUT2D eigenvalue weighted by molar-refractivity contribution is 0.145. The number of hydrogen-bond acceptors (Lipinski definition) is 7. The fourth-order valence-corrected chi connectivity index (χ4v) is 4.06. The van der Waals surface area contributed by atoms with E-state index in [9.17, 15) is 17.6 Å². The second-order valence-corrected chi connectivity index (χ2v) is 9.17. The summed E-state index contributed by atoms with van der Waals surface area (Å²) in [7, 11) is -3.15. The number of piperazine rings is 1. The van der Waals surface area contributed by atoms with Crippen LogP contribution in [0.5, 0.6) is 0 Å². The number of ether oxygens (including phenoxy) is 1. The van der Waals surface area contributed by atoms with E-state index in [1.807, 2.05) is 4.90 Å². The van der Waals surface area contributed by atoms with Gasteiger partial charge in [-0.2, -0.15) is 0 Å². The lowest BCUT2D eigenvalue weighted by Gasteiger charge is -2.36. The van der Waals surface area contributed by atoms with E-state index in [1.54, 1.807) is 12.1 Å². The molecule has 29 heavy (non-hydrogen) atoms. The Morgan fingerprint density at radius 2 is 2.00 bits per heavy atom. The van der Waals surface area contributed by atoms with Crippen LogP contribution in [0.2, 0.25) is 0 Å². The Balaban J connectivity index is 1.51. The van der Waals surface area contributed by atoms with E-state index in [1.165, 1.54) is 11.0 Å². The highest BCUT2D eigenvalue weighted by molar-refractivity contribution is 7.88. The predicted molar refractivity (Wildman–Crippen MR) is 109 cm³/mol. The van der Waals surface area contributed by atoms with Crippen molar-refractivity contribution in [1.82, 2.24) is 9.62 Å². The first kappa shape index (κ1) is 21.8. The third kappa shape index (κ3) is 5.78. The minimum absolute atomic E-state index is 0.234. The maximum Gasteiger partial charge on any atom is 0.414 e. The summed E-state index contributed by atoms with van der Waals surface area (Å²) in [5.74, 6) is -0.377. The number of sulfonamides is 1. The molecule has 3 rings (SSSR count). The van der Waals surface area contributed by atoms with Gasteiger partial charge in [-0.25, -0.2) is 22.3 Å². The number of anilines is 2. The highest BCUT2D eigenvalue weighted by atomic mass is 32.2. The van der Waals surface area contributed by atoms with Gasteiger partial charge in [-0.15, -0.1) is 0 Å². The SMILES string of the molecule is CS(=O)(=O)NCCCN1CCN(c2ccc(N3C[C@H](CN)OC3=O)cc2F)CC1. The molecule has 1 aromatic carbocycles. The molecule has 9 nitrogen and oxygen atoms in total. The molecule has 1 atom stereocenters. The number of carbonyl (C=O) groups excluding carboxylic acids is 1. The largest absolute Gasteiger partial charge is 0.443 e. The molecule has 2 fully saturated rings. The topological polar surface area (TPSA) is 108 Å². The number of benzene rings is 1. The van der Waals surface area contributed by atoms with Gasteiger partial charge in [0.25, 0.3) is 0 Å². The number of nitrogens with one attached hydrogen (secondary N) is 1. The fourth-order valence-electron chi connectivity index (χ4n) is 3.55. The van der Waals surface area contributed by atoms with Gasteiger partial charge in [-0.3, -0.25) is 9.80 Å². The fraction of sp³-hybridized carbons (Fsp3) is 0.611. The third-order valence-electron chi connectivity index (χ3n) is 5.11. The molecule has 0 aromatic heterocycles. The Labute approximate surface area is 170 Å². The molecule has 2 aliphatic heterocycles. The summed E-state index contributed by atoms with van der Waals surface area (Å²) < 4.78 is 44.5. The van der Waals surface area contributed by atoms with Gasteiger partial charge in [0.1, 0.15) is 11.9 Å². The van der Waals surface area contributed by atoms with E-state index in [0.717, 1.165) is 32.3 Å². The Kier molecular flexibility index (Phi) is 6.93. The van der Waals surface area contributed by atoms with Crippen LogP contribution in [-0.2, 0) is 14.8 Å². The van der Waals surface area contributed by atoms with E-state index in [0.29, 0.717) is 37.6 Å². The van der Waals surface area contributed by atoms with Crippen molar-refractivity contribution in [2.45, 2.75) is 12.5 Å². The summed E-state index contributed by atoms with van der Waals surface area (Å²) in [6.07, 6.45) is 0.998. The Morgan fingerprint density at radius 3 is 2.59 bits per heavy atom. The minimum atomic E-state index is -3.15. The number of nitrogens with zero attached hydrogens (tertiary/aromatic N) is 3. The summed E-state index contributed by atoms with van der Waals surface area (Å²) in [5, 5.41) is 0. The van der Waals surface area contributed by atoms with Gasteiger partial charge in [0.2, 0.25) is 10.0 Å². The number of cyclic esters (lactones) is 1. The number of rotatable bonds is 8. The normalized spacial score (nSPS) is 20.9. The zero-order valence-electron chi connectivity index (χ0n) is 16.5. The average Bonchev–Trinajstić information content (AvgIpc) is 3.06. The number of hydrogen-bond donors (Lipinski definition) is 2. The molecule has 3 N–H and O–H groups in total. The summed E-state index contributed by atoms with van der Waals surface area (Å²) >= 11 is 0. The first-order valence-electron chi connectivity index (χ1n) is 9.66. The average molecular weight is 430 g/mol. The zero-order chi connectivity index (χ0) is 21.0. The first-order chi connectivity index (χ1) is 13.8. The molecule has 0 saturated carbocycles. The maximum atomic E-state index is 14.7. The van der Waals surface area contributed by atoms with Crippen LogP contribution in [0.25, 0.3) is 0 Å². The zero-order valence-corrected chi connectivity index (χ0v) is 17.3. The summed E-state index contributed by atoms with van der Waals surface area (Å²) in [4.78, 5) is 17.5. The van der Waals surface area contributed by atoms with Crippen LogP contribution in [-0.4, -0.2) is 84.1 Å². The molecule has 0 spiro atoms. The third-order valence-corrected chi connectivity index (χ3v) is 5.84. The highest BCUT2D eigenvalue weighted by Gasteiger charge is 2.32. The van der Waals surface area contributed by atoms with Gasteiger partial charge in [0.15, 0.2) is 0 Å². The van der Waals surface area contributed by atoms with Crippen molar-refractivity contribution in [2.75, 3.05) is 68.4 Å². The monoisotopic (exact) mass is 429 g/mol. The predicted octanol–water partition coefficient (Wildman–Crippen LogP) is 0.171. The molecule has 2 aliphatic rings. The van der Waals surface area contributed by atoms with E-state index in [-0.39, 0.29) is 18.5 Å². The number of carbonyl (C=O) groups is 1. The standard InChI is InChI=1S/C18H28FN5O4S/c1-29(26,27)21-5-2-6-22-7-9-23(10-8-22)17-4-3-14(11-16(17)19)24-13-15(12-20)28-18(24)25/h3-4,11,15,21H,2,5-10,12-13,20H2,1H3/t15-/m0/s1. The molecule has 0 aliphatic carbocycles. The second kappa shape index (κ2) is 9.24. The van der Waals surface area contributed by atoms with Crippen molar-refractivity contribution in [1.29, 1.82) is 0 Å². The molecule has 2 heterocycles. The molecule has 2 saturated heterocycles. The minimum Gasteiger partial charge on any atom is -0.443 e. The van der Waals surface area contributed by atoms with E-state index < -0.39 is 16.1 Å². The Hall–Kier alpha value is -1.95. The van der Waals surface area contributed by atoms with E-state index >= 15 is 0 Å². The number of halogens is 1. The van der Waals surface area contributed by atoms with E-state index in [2.05, 4.69) is 9.62 Å². The molecular weight excluding hydrogens is 401 g/mol. The van der Waals surface area contributed by atoms with Crippen molar-refractivity contribution >= 4 is 27.5 Å². The van der Waals surface area contributed by atoms with Gasteiger partial charge >= 0.3 is 6.09 Å². The second-order valence-electron chi connectivity index (χ2n) is 7.34. The van der Waals surface area contributed by atoms with Crippen LogP contribution in [0, 0.1) is 5.82 Å². The van der Waals surface area contributed by atoms with Gasteiger partial charge in [-0.1, -0.05) is 0 Å². The van der Waals surface area contributed by atoms with E-state index in [4.69, 9.17) is 10.5 Å². The number of nitrogens with two attached hydrogens (primary N) is 1. The summed E-state index contributed by atoms with van der Waals surface area (Å²) in [6, 6.07) is 4.78. The molecule has 162 valence electrons. The van der Waals surface area contributed by atoms with Crippen molar-refractivity contribution in [3.05, 3.63) is 24.0 Å². The number of amides is 1. The van der Waals surface area contributed by atoms with Crippen LogP contribution in [0.4, 0.5) is 20.6 Å². The molecule has 1 amide bonds. The quantitative estimate of drug-likeness (QED) is 0.567. The lowest BCUT2D eigenvalue weighted by atomic mass is 10.2. The first-order valence-corrected chi connectivity index (χ1v) is 11.6. The van der Waals surface area contributed by atoms with Crippen molar-refractivity contribution in [3.8, 4) is 0 Å². The molecule has 11 heteroatoms. The van der Waals surface area contributed by atoms with Crippen LogP contribution in [0.3, 0.4) is 0 Å². The van der Waals surface area contributed by atoms with Gasteiger partial charge < -0.3 is 15.4 Å². The van der Waals surface area contributed by atoms with Crippen molar-refractivity contribution < 1.29 is 22.3 Å². The van der Waals surface area contributed by atoms with Gasteiger partial charge in [0, 0.05) is 39.3 Å². The van der Waals surface area contributed by atoms with Crippen molar-refractivity contribution in [3.63, 3.8) is 0 Å². The molecular formula is C18H28FN5O4S. The molecule has 0 bridgehead atoms. The lowest BCUT2D eigenvalue weighted by Crippen LogP contribution is -2.47. The van der Waals surface area contributed by atoms with Gasteiger partial charge in [-0.05, 0) is 31.2 Å². The Morgan fingerprint density at radius 1 is 1.28 bits per heavy atom. The van der Waals surface area contributed by atoms with Crippen LogP contribution in [0.15, 0.2) is 18.2 Å². The van der Waals surface area contributed by atoms with Crippen LogP contribution >= 0.6 is 0 Å². The molecule has 0 unspecified atom stereocenters. The van der Waals surface area contributed by atoms with Crippen LogP contribution < -0.4 is 20.3 Å². The van der Waals surface area contributed by atoms with Gasteiger partial charge in [0.05, 0.1) is 24.2 Å². The summed E-state index contributed by atoms with van der Waals surface area (Å²) in [6.45, 7) is 4.66.